The SMILES string of the molecule is CC1CCN(c2ccc(F)cc2CCl)CC1. The first kappa shape index (κ1) is 11.7. The number of alkyl halides is 1. The van der Waals surface area contributed by atoms with E-state index in [1.807, 2.05) is 6.07 Å². The Morgan fingerprint density at radius 3 is 2.69 bits per heavy atom. The maximum Gasteiger partial charge on any atom is 0.123 e. The summed E-state index contributed by atoms with van der Waals surface area (Å²) in [5.74, 6) is 0.972. The number of nitrogens with zero attached hydrogens (tertiary/aromatic N) is 1. The van der Waals surface area contributed by atoms with Crippen LogP contribution in [0.15, 0.2) is 18.2 Å². The Morgan fingerprint density at radius 2 is 2.06 bits per heavy atom. The van der Waals surface area contributed by atoms with Gasteiger partial charge < -0.3 is 4.90 Å². The third-order valence-corrected chi connectivity index (χ3v) is 3.60. The lowest BCUT2D eigenvalue weighted by Crippen LogP contribution is -2.33. The minimum Gasteiger partial charge on any atom is -0.371 e. The lowest BCUT2D eigenvalue weighted by atomic mass is 9.98. The van der Waals surface area contributed by atoms with E-state index in [-0.39, 0.29) is 5.82 Å². The van der Waals surface area contributed by atoms with E-state index in [1.54, 1.807) is 6.07 Å². The van der Waals surface area contributed by atoms with Gasteiger partial charge >= 0.3 is 0 Å². The molecule has 1 nitrogen and oxygen atoms in total. The number of anilines is 1. The molecule has 0 aliphatic carbocycles. The van der Waals surface area contributed by atoms with E-state index >= 15 is 0 Å². The minimum atomic E-state index is -0.204. The van der Waals surface area contributed by atoms with E-state index in [1.165, 1.54) is 18.9 Å². The Morgan fingerprint density at radius 1 is 1.38 bits per heavy atom. The van der Waals surface area contributed by atoms with Gasteiger partial charge in [-0.1, -0.05) is 6.92 Å². The van der Waals surface area contributed by atoms with E-state index in [0.717, 1.165) is 30.3 Å². The summed E-state index contributed by atoms with van der Waals surface area (Å²) in [5.41, 5.74) is 2.00. The smallest absolute Gasteiger partial charge is 0.123 e. The Balaban J connectivity index is 2.19. The van der Waals surface area contributed by atoms with Crippen LogP contribution in [0.25, 0.3) is 0 Å². The predicted octanol–water partition coefficient (Wildman–Crippen LogP) is 3.80. The largest absolute Gasteiger partial charge is 0.371 e. The maximum absolute atomic E-state index is 13.1. The summed E-state index contributed by atoms with van der Waals surface area (Å²) in [6.07, 6.45) is 2.41. The van der Waals surface area contributed by atoms with Gasteiger partial charge in [0.25, 0.3) is 0 Å². The summed E-state index contributed by atoms with van der Waals surface area (Å²) in [4.78, 5) is 2.32. The Labute approximate surface area is 101 Å². The summed E-state index contributed by atoms with van der Waals surface area (Å²) in [6, 6.07) is 4.91. The van der Waals surface area contributed by atoms with E-state index < -0.39 is 0 Å². The number of piperidine rings is 1. The molecule has 0 unspecified atom stereocenters. The predicted molar refractivity (Wildman–Crippen MR) is 66.6 cm³/mol. The highest BCUT2D eigenvalue weighted by molar-refractivity contribution is 6.17. The van der Waals surface area contributed by atoms with Gasteiger partial charge in [-0.05, 0) is 42.5 Å². The van der Waals surface area contributed by atoms with Crippen LogP contribution in [0.5, 0.6) is 0 Å². The first-order valence-electron chi connectivity index (χ1n) is 5.80. The average molecular weight is 242 g/mol. The van der Waals surface area contributed by atoms with Gasteiger partial charge in [0.2, 0.25) is 0 Å². The van der Waals surface area contributed by atoms with Gasteiger partial charge in [0, 0.05) is 24.7 Å². The van der Waals surface area contributed by atoms with Crippen LogP contribution in [0.4, 0.5) is 10.1 Å². The summed E-state index contributed by atoms with van der Waals surface area (Å²) in [6.45, 7) is 4.39. The number of rotatable bonds is 2. The highest BCUT2D eigenvalue weighted by Gasteiger charge is 2.18. The van der Waals surface area contributed by atoms with Gasteiger partial charge in [-0.15, -0.1) is 11.6 Å². The van der Waals surface area contributed by atoms with E-state index in [2.05, 4.69) is 11.8 Å². The second-order valence-corrected chi connectivity index (χ2v) is 4.84. The number of hydrogen-bond donors (Lipinski definition) is 0. The second-order valence-electron chi connectivity index (χ2n) is 4.58. The fourth-order valence-corrected chi connectivity index (χ4v) is 2.43. The summed E-state index contributed by atoms with van der Waals surface area (Å²) in [5, 5.41) is 0. The zero-order valence-corrected chi connectivity index (χ0v) is 10.3. The molecule has 1 saturated heterocycles. The van der Waals surface area contributed by atoms with Crippen molar-refractivity contribution < 1.29 is 4.39 Å². The second kappa shape index (κ2) is 5.05. The molecule has 0 amide bonds. The van der Waals surface area contributed by atoms with Crippen LogP contribution < -0.4 is 4.90 Å². The van der Waals surface area contributed by atoms with Crippen molar-refractivity contribution in [1.82, 2.24) is 0 Å². The topological polar surface area (TPSA) is 3.24 Å². The van der Waals surface area contributed by atoms with Crippen molar-refractivity contribution >= 4 is 17.3 Å². The van der Waals surface area contributed by atoms with Crippen LogP contribution in [-0.4, -0.2) is 13.1 Å². The first-order chi connectivity index (χ1) is 7.70. The molecule has 1 fully saturated rings. The van der Waals surface area contributed by atoms with E-state index in [0.29, 0.717) is 5.88 Å². The minimum absolute atomic E-state index is 0.204. The summed E-state index contributed by atoms with van der Waals surface area (Å²) in [7, 11) is 0. The number of hydrogen-bond acceptors (Lipinski definition) is 1. The van der Waals surface area contributed by atoms with Crippen LogP contribution in [0.2, 0.25) is 0 Å². The van der Waals surface area contributed by atoms with Crippen molar-refractivity contribution in [3.8, 4) is 0 Å². The van der Waals surface area contributed by atoms with E-state index in [9.17, 15) is 4.39 Å². The molecule has 88 valence electrons. The zero-order valence-electron chi connectivity index (χ0n) is 9.55. The highest BCUT2D eigenvalue weighted by atomic mass is 35.5. The van der Waals surface area contributed by atoms with Gasteiger partial charge in [0.1, 0.15) is 5.82 Å². The molecule has 3 heteroatoms. The fourth-order valence-electron chi connectivity index (χ4n) is 2.22. The maximum atomic E-state index is 13.1. The highest BCUT2D eigenvalue weighted by Crippen LogP contribution is 2.27. The van der Waals surface area contributed by atoms with Crippen LogP contribution in [-0.2, 0) is 5.88 Å². The lowest BCUT2D eigenvalue weighted by molar-refractivity contribution is 0.438. The standard InChI is InChI=1S/C13H17ClFN/c1-10-4-6-16(7-5-10)13-3-2-12(15)8-11(13)9-14/h2-3,8,10H,4-7,9H2,1H3. The van der Waals surface area contributed by atoms with Gasteiger partial charge in [0.15, 0.2) is 0 Å². The van der Waals surface area contributed by atoms with Crippen molar-refractivity contribution in [1.29, 1.82) is 0 Å². The molecule has 0 N–H and O–H groups in total. The molecule has 16 heavy (non-hydrogen) atoms. The van der Waals surface area contributed by atoms with Crippen LogP contribution in [0, 0.1) is 11.7 Å². The van der Waals surface area contributed by atoms with Gasteiger partial charge in [-0.25, -0.2) is 4.39 Å². The molecule has 1 aromatic rings. The third-order valence-electron chi connectivity index (χ3n) is 3.31. The average Bonchev–Trinajstić information content (AvgIpc) is 2.30. The van der Waals surface area contributed by atoms with Crippen LogP contribution in [0.1, 0.15) is 25.3 Å². The fraction of sp³-hybridized carbons (Fsp3) is 0.538. The molecule has 2 rings (SSSR count). The van der Waals surface area contributed by atoms with Crippen molar-refractivity contribution in [2.45, 2.75) is 25.6 Å². The molecule has 0 bridgehead atoms. The molecule has 0 radical (unpaired) electrons. The first-order valence-corrected chi connectivity index (χ1v) is 6.33. The van der Waals surface area contributed by atoms with Crippen molar-refractivity contribution in [2.24, 2.45) is 5.92 Å². The molecule has 1 aliphatic rings. The Kier molecular flexibility index (Phi) is 3.70. The normalized spacial score (nSPS) is 17.8. The van der Waals surface area contributed by atoms with Gasteiger partial charge in [-0.3, -0.25) is 0 Å². The van der Waals surface area contributed by atoms with Gasteiger partial charge in [-0.2, -0.15) is 0 Å². The molecule has 0 aromatic heterocycles. The summed E-state index contributed by atoms with van der Waals surface area (Å²) < 4.78 is 13.1. The number of benzene rings is 1. The van der Waals surface area contributed by atoms with Crippen molar-refractivity contribution in [3.63, 3.8) is 0 Å². The lowest BCUT2D eigenvalue weighted by Gasteiger charge is -2.33. The monoisotopic (exact) mass is 241 g/mol. The van der Waals surface area contributed by atoms with Crippen LogP contribution in [0.3, 0.4) is 0 Å². The van der Waals surface area contributed by atoms with Crippen molar-refractivity contribution in [2.75, 3.05) is 18.0 Å². The quantitative estimate of drug-likeness (QED) is 0.712. The molecular weight excluding hydrogens is 225 g/mol. The molecule has 0 saturated carbocycles. The summed E-state index contributed by atoms with van der Waals surface area (Å²) >= 11 is 5.86. The van der Waals surface area contributed by atoms with Gasteiger partial charge in [0.05, 0.1) is 0 Å². The van der Waals surface area contributed by atoms with Crippen LogP contribution >= 0.6 is 11.6 Å². The zero-order chi connectivity index (χ0) is 11.5. The van der Waals surface area contributed by atoms with Crippen molar-refractivity contribution in [3.05, 3.63) is 29.6 Å². The Hall–Kier alpha value is -0.760. The molecule has 0 atom stereocenters. The molecule has 0 spiro atoms. The number of halogens is 2. The Bertz CT molecular complexity index is 359. The molecule has 1 aromatic carbocycles. The third kappa shape index (κ3) is 2.49. The molecule has 1 aliphatic heterocycles. The molecule has 1 heterocycles. The van der Waals surface area contributed by atoms with E-state index in [4.69, 9.17) is 11.6 Å². The molecular formula is C13H17ClFN.